The Morgan fingerprint density at radius 3 is 2.71 bits per heavy atom. The first kappa shape index (κ1) is 15.3. The fourth-order valence-electron chi connectivity index (χ4n) is 2.28. The van der Waals surface area contributed by atoms with E-state index in [2.05, 4.69) is 20.9 Å². The molecule has 21 heavy (non-hydrogen) atoms. The van der Waals surface area contributed by atoms with Crippen LogP contribution in [0.15, 0.2) is 24.3 Å². The maximum absolute atomic E-state index is 12.0. The van der Waals surface area contributed by atoms with Crippen molar-refractivity contribution in [1.29, 1.82) is 0 Å². The molecule has 7 heteroatoms. The lowest BCUT2D eigenvalue weighted by Crippen LogP contribution is -2.35. The molecule has 1 aliphatic heterocycles. The third kappa shape index (κ3) is 5.41. The highest BCUT2D eigenvalue weighted by molar-refractivity contribution is 5.94. The molecule has 1 saturated heterocycles. The number of carbonyl (C=O) groups is 2. The Kier molecular flexibility index (Phi) is 5.53. The largest absolute Gasteiger partial charge is 0.351 e. The van der Waals surface area contributed by atoms with Crippen LogP contribution in [0.5, 0.6) is 0 Å². The van der Waals surface area contributed by atoms with Crippen LogP contribution in [0.25, 0.3) is 0 Å². The zero-order valence-electron chi connectivity index (χ0n) is 11.9. The molecule has 7 nitrogen and oxygen atoms in total. The molecule has 0 saturated carbocycles. The Morgan fingerprint density at radius 1 is 1.19 bits per heavy atom. The molecule has 1 aromatic rings. The van der Waals surface area contributed by atoms with E-state index in [1.54, 1.807) is 24.3 Å². The van der Waals surface area contributed by atoms with E-state index in [0.717, 1.165) is 32.6 Å². The number of nitrogens with two attached hydrogens (primary N) is 1. The van der Waals surface area contributed by atoms with Crippen LogP contribution in [0.3, 0.4) is 0 Å². The van der Waals surface area contributed by atoms with Crippen molar-refractivity contribution in [2.75, 3.05) is 43.4 Å². The van der Waals surface area contributed by atoms with Crippen LogP contribution < -0.4 is 21.7 Å². The summed E-state index contributed by atoms with van der Waals surface area (Å²) in [6, 6.07) is 6.27. The monoisotopic (exact) mass is 291 g/mol. The second-order valence-electron chi connectivity index (χ2n) is 5.00. The van der Waals surface area contributed by atoms with Gasteiger partial charge in [0.2, 0.25) is 5.91 Å². The Balaban J connectivity index is 1.88. The van der Waals surface area contributed by atoms with E-state index in [1.807, 2.05) is 0 Å². The van der Waals surface area contributed by atoms with Gasteiger partial charge < -0.3 is 21.7 Å². The molecule has 2 rings (SSSR count). The standard InChI is InChI=1S/C14H21N5O2/c15-14(21)18-12-4-1-3-11(9-12)17-13(20)10-19-7-2-5-16-6-8-19/h1,3-4,9,16H,2,5-8,10H2,(H,17,20)(H3,15,18,21). The number of benzene rings is 1. The molecule has 1 fully saturated rings. The minimum absolute atomic E-state index is 0.0619. The number of hydrogen-bond acceptors (Lipinski definition) is 4. The lowest BCUT2D eigenvalue weighted by molar-refractivity contribution is -0.117. The van der Waals surface area contributed by atoms with Crippen LogP contribution >= 0.6 is 0 Å². The van der Waals surface area contributed by atoms with Crippen molar-refractivity contribution in [2.24, 2.45) is 5.73 Å². The van der Waals surface area contributed by atoms with Crippen LogP contribution in [0.1, 0.15) is 6.42 Å². The molecule has 0 unspecified atom stereocenters. The van der Waals surface area contributed by atoms with Crippen molar-refractivity contribution in [2.45, 2.75) is 6.42 Å². The predicted octanol–water partition coefficient (Wildman–Crippen LogP) is 0.411. The molecule has 114 valence electrons. The fraction of sp³-hybridized carbons (Fsp3) is 0.429. The summed E-state index contributed by atoms with van der Waals surface area (Å²) in [7, 11) is 0. The third-order valence-corrected chi connectivity index (χ3v) is 3.21. The average molecular weight is 291 g/mol. The SMILES string of the molecule is NC(=O)Nc1cccc(NC(=O)CN2CCCNCC2)c1. The topological polar surface area (TPSA) is 99.5 Å². The summed E-state index contributed by atoms with van der Waals surface area (Å²) in [5.74, 6) is -0.0619. The Bertz CT molecular complexity index is 498. The zero-order valence-corrected chi connectivity index (χ0v) is 11.9. The van der Waals surface area contributed by atoms with Gasteiger partial charge in [-0.25, -0.2) is 4.79 Å². The van der Waals surface area contributed by atoms with E-state index < -0.39 is 6.03 Å². The number of anilines is 2. The number of carbonyl (C=O) groups excluding carboxylic acids is 2. The van der Waals surface area contributed by atoms with E-state index in [0.29, 0.717) is 17.9 Å². The number of primary amides is 1. The smallest absolute Gasteiger partial charge is 0.316 e. The molecule has 1 heterocycles. The van der Waals surface area contributed by atoms with Gasteiger partial charge in [0, 0.05) is 24.5 Å². The number of amides is 3. The van der Waals surface area contributed by atoms with Crippen LogP contribution in [-0.4, -0.2) is 49.6 Å². The Labute approximate surface area is 123 Å². The van der Waals surface area contributed by atoms with Crippen LogP contribution in [0, 0.1) is 0 Å². The van der Waals surface area contributed by atoms with Crippen molar-refractivity contribution in [3.63, 3.8) is 0 Å². The summed E-state index contributed by atoms with van der Waals surface area (Å²) >= 11 is 0. The minimum atomic E-state index is -0.629. The fourth-order valence-corrected chi connectivity index (χ4v) is 2.28. The summed E-state index contributed by atoms with van der Waals surface area (Å²) in [5.41, 5.74) is 6.26. The first-order valence-electron chi connectivity index (χ1n) is 7.03. The zero-order chi connectivity index (χ0) is 15.1. The lowest BCUT2D eigenvalue weighted by Gasteiger charge is -2.18. The van der Waals surface area contributed by atoms with Crippen molar-refractivity contribution in [1.82, 2.24) is 10.2 Å². The molecule has 5 N–H and O–H groups in total. The van der Waals surface area contributed by atoms with Gasteiger partial charge in [0.15, 0.2) is 0 Å². The average Bonchev–Trinajstić information content (AvgIpc) is 2.66. The number of rotatable bonds is 4. The van der Waals surface area contributed by atoms with Gasteiger partial charge in [-0.15, -0.1) is 0 Å². The number of urea groups is 1. The number of hydrogen-bond donors (Lipinski definition) is 4. The van der Waals surface area contributed by atoms with Crippen LogP contribution in [-0.2, 0) is 4.79 Å². The van der Waals surface area contributed by atoms with Crippen molar-refractivity contribution >= 4 is 23.3 Å². The van der Waals surface area contributed by atoms with Crippen molar-refractivity contribution in [3.05, 3.63) is 24.3 Å². The molecule has 0 aliphatic carbocycles. The quantitative estimate of drug-likeness (QED) is 0.645. The molecule has 1 aliphatic rings. The molecule has 0 bridgehead atoms. The number of nitrogens with one attached hydrogen (secondary N) is 3. The Hall–Kier alpha value is -2.12. The predicted molar refractivity (Wildman–Crippen MR) is 82.2 cm³/mol. The van der Waals surface area contributed by atoms with Crippen molar-refractivity contribution < 1.29 is 9.59 Å². The van der Waals surface area contributed by atoms with Gasteiger partial charge in [-0.1, -0.05) is 6.07 Å². The second kappa shape index (κ2) is 7.61. The van der Waals surface area contributed by atoms with Gasteiger partial charge in [0.25, 0.3) is 0 Å². The third-order valence-electron chi connectivity index (χ3n) is 3.21. The van der Waals surface area contributed by atoms with Gasteiger partial charge in [0.05, 0.1) is 6.54 Å². The molecular formula is C14H21N5O2. The molecule has 1 aromatic carbocycles. The second-order valence-corrected chi connectivity index (χ2v) is 5.00. The van der Waals surface area contributed by atoms with E-state index >= 15 is 0 Å². The summed E-state index contributed by atoms with van der Waals surface area (Å²) in [6.45, 7) is 4.07. The summed E-state index contributed by atoms with van der Waals surface area (Å²) in [5, 5.41) is 8.61. The van der Waals surface area contributed by atoms with Gasteiger partial charge in [-0.3, -0.25) is 9.69 Å². The lowest BCUT2D eigenvalue weighted by atomic mass is 10.2. The Morgan fingerprint density at radius 2 is 1.95 bits per heavy atom. The van der Waals surface area contributed by atoms with E-state index in [1.165, 1.54) is 0 Å². The molecular weight excluding hydrogens is 270 g/mol. The van der Waals surface area contributed by atoms with Crippen LogP contribution in [0.2, 0.25) is 0 Å². The van der Waals surface area contributed by atoms with E-state index in [4.69, 9.17) is 5.73 Å². The molecule has 0 aromatic heterocycles. The maximum atomic E-state index is 12.0. The highest BCUT2D eigenvalue weighted by Crippen LogP contribution is 2.14. The maximum Gasteiger partial charge on any atom is 0.316 e. The summed E-state index contributed by atoms with van der Waals surface area (Å²) in [4.78, 5) is 25.0. The first-order chi connectivity index (χ1) is 10.1. The normalized spacial score (nSPS) is 16.0. The van der Waals surface area contributed by atoms with Gasteiger partial charge in [-0.05, 0) is 37.7 Å². The summed E-state index contributed by atoms with van der Waals surface area (Å²) in [6.07, 6.45) is 1.05. The first-order valence-corrected chi connectivity index (χ1v) is 7.03. The van der Waals surface area contributed by atoms with Gasteiger partial charge in [-0.2, -0.15) is 0 Å². The molecule has 3 amide bonds. The van der Waals surface area contributed by atoms with E-state index in [-0.39, 0.29) is 5.91 Å². The summed E-state index contributed by atoms with van der Waals surface area (Å²) < 4.78 is 0. The highest BCUT2D eigenvalue weighted by atomic mass is 16.2. The van der Waals surface area contributed by atoms with E-state index in [9.17, 15) is 9.59 Å². The molecule has 0 radical (unpaired) electrons. The highest BCUT2D eigenvalue weighted by Gasteiger charge is 2.12. The van der Waals surface area contributed by atoms with Gasteiger partial charge >= 0.3 is 6.03 Å². The van der Waals surface area contributed by atoms with Crippen LogP contribution in [0.4, 0.5) is 16.2 Å². The molecule has 0 atom stereocenters. The molecule has 0 spiro atoms. The minimum Gasteiger partial charge on any atom is -0.351 e. The number of nitrogens with zero attached hydrogens (tertiary/aromatic N) is 1. The van der Waals surface area contributed by atoms with Gasteiger partial charge in [0.1, 0.15) is 0 Å². The van der Waals surface area contributed by atoms with Crippen molar-refractivity contribution in [3.8, 4) is 0 Å².